The summed E-state index contributed by atoms with van der Waals surface area (Å²) in [5.74, 6) is -2.91. The average Bonchev–Trinajstić information content (AvgIpc) is 3.68. The average molecular weight is 1220 g/mol. The van der Waals surface area contributed by atoms with Gasteiger partial charge < -0.3 is 46.7 Å². The summed E-state index contributed by atoms with van der Waals surface area (Å²) < 4.78 is 203. The van der Waals surface area contributed by atoms with Crippen LogP contribution < -0.4 is 4.90 Å². The van der Waals surface area contributed by atoms with Crippen LogP contribution in [-0.2, 0) is 94.9 Å². The number of methoxy groups -OCH3 is 1. The van der Waals surface area contributed by atoms with Crippen LogP contribution in [0, 0.1) is 0 Å². The molecule has 438 valence electrons. The van der Waals surface area contributed by atoms with Gasteiger partial charge in [0.15, 0.2) is 12.3 Å². The van der Waals surface area contributed by atoms with Crippen molar-refractivity contribution in [3.8, 4) is 0 Å². The van der Waals surface area contributed by atoms with Crippen LogP contribution in [-0.4, -0.2) is 157 Å². The van der Waals surface area contributed by atoms with Crippen LogP contribution in [0.15, 0.2) is 116 Å². The van der Waals surface area contributed by atoms with E-state index in [-0.39, 0.29) is 105 Å². The highest BCUT2D eigenvalue weighted by Gasteiger charge is 2.47. The molecular weight excluding hydrogens is 1170 g/mol. The number of ether oxygens (including phenoxy) is 3. The Kier molecular flexibility index (Phi) is 18.5. The van der Waals surface area contributed by atoms with E-state index < -0.39 is 105 Å². The molecule has 81 heavy (non-hydrogen) atoms. The molecule has 0 spiro atoms. The third-order valence-corrected chi connectivity index (χ3v) is 18.0. The summed E-state index contributed by atoms with van der Waals surface area (Å²) in [6.07, 6.45) is 10.7. The Bertz CT molecular complexity index is 3970. The number of nitrogens with zero attached hydrogens (tertiary/aromatic N) is 3. The molecule has 0 saturated carbocycles. The van der Waals surface area contributed by atoms with Crippen LogP contribution in [0.4, 0.5) is 11.4 Å². The van der Waals surface area contributed by atoms with Gasteiger partial charge in [-0.2, -0.15) is 4.58 Å². The molecule has 1 fully saturated rings. The van der Waals surface area contributed by atoms with Gasteiger partial charge in [0, 0.05) is 72.1 Å². The minimum atomic E-state index is -5.38. The van der Waals surface area contributed by atoms with Crippen molar-refractivity contribution in [2.24, 2.45) is 0 Å². The highest BCUT2D eigenvalue weighted by molar-refractivity contribution is 7.87. The number of imide groups is 1. The Morgan fingerprint density at radius 2 is 1.20 bits per heavy atom. The van der Waals surface area contributed by atoms with Gasteiger partial charge in [-0.1, -0.05) is 36.4 Å². The van der Waals surface area contributed by atoms with E-state index in [1.807, 2.05) is 0 Å². The Hall–Kier alpha value is -6.13. The van der Waals surface area contributed by atoms with Crippen molar-refractivity contribution >= 4 is 107 Å². The van der Waals surface area contributed by atoms with E-state index >= 15 is 0 Å². The fourth-order valence-electron chi connectivity index (χ4n) is 10.3. The van der Waals surface area contributed by atoms with E-state index in [2.05, 4.69) is 0 Å². The fraction of sp³-hybridized carbons (Fsp3) is 0.373. The zero-order valence-corrected chi connectivity index (χ0v) is 47.8. The molecule has 1 unspecified atom stereocenters. The van der Waals surface area contributed by atoms with Gasteiger partial charge in [0.05, 0.1) is 68.0 Å². The van der Waals surface area contributed by atoms with E-state index in [0.717, 1.165) is 12.1 Å². The summed E-state index contributed by atoms with van der Waals surface area (Å²) >= 11 is 0. The van der Waals surface area contributed by atoms with E-state index in [4.69, 9.17) is 19.0 Å². The lowest BCUT2D eigenvalue weighted by molar-refractivity contribution is -0.442. The molecule has 0 aromatic heterocycles. The van der Waals surface area contributed by atoms with E-state index in [9.17, 15) is 79.2 Å². The first-order valence-corrected chi connectivity index (χ1v) is 31.8. The lowest BCUT2D eigenvalue weighted by Crippen LogP contribution is -2.32. The van der Waals surface area contributed by atoms with Crippen LogP contribution >= 0.6 is 0 Å². The van der Waals surface area contributed by atoms with Crippen molar-refractivity contribution in [3.05, 3.63) is 108 Å². The molecule has 7 rings (SSSR count). The van der Waals surface area contributed by atoms with Crippen LogP contribution in [0.5, 0.6) is 0 Å². The van der Waals surface area contributed by atoms with Gasteiger partial charge in [0.2, 0.25) is 5.69 Å². The Morgan fingerprint density at radius 1 is 0.654 bits per heavy atom. The minimum Gasteiger partial charge on any atom is -0.748 e. The molecule has 0 N–H and O–H groups in total. The maximum absolute atomic E-state index is 12.5. The molecule has 25 nitrogen and oxygen atoms in total. The molecule has 3 aliphatic rings. The summed E-state index contributed by atoms with van der Waals surface area (Å²) in [6.45, 7) is 5.45. The van der Waals surface area contributed by atoms with E-state index in [1.54, 1.807) is 78.8 Å². The van der Waals surface area contributed by atoms with Gasteiger partial charge in [0.25, 0.3) is 11.8 Å². The summed E-state index contributed by atoms with van der Waals surface area (Å²) in [5, 5.41) is -0.00170. The van der Waals surface area contributed by atoms with Gasteiger partial charge in [-0.15, -0.1) is 5.06 Å². The molecule has 1 saturated heterocycles. The van der Waals surface area contributed by atoms with Gasteiger partial charge in [-0.25, -0.2) is 46.9 Å². The summed E-state index contributed by atoms with van der Waals surface area (Å²) in [6, 6.07) is 8.62. The van der Waals surface area contributed by atoms with E-state index in [1.165, 1.54) is 25.3 Å². The van der Waals surface area contributed by atoms with Gasteiger partial charge in [-0.05, 0) is 97.8 Å². The summed E-state index contributed by atoms with van der Waals surface area (Å²) in [4.78, 5) is 38.4. The standard InChI is InChI=1S/C51H57N3O22S5/c1-50(2)43(52(22-25-75-27-26-74-23-19-47(57)76-54-45(55)17-18-46(54)56)39-15-13-35-37(48(39)50)29-33(78(61,62)63)31-41(35)80(67,68)69)11-8-6-5-7-9-12-44-51(3,20-10-28-77(58,59)60)49-38-30-34(79(64,65)66)32-42(81(70,71)72)36(38)14-16-40(49)53(44)21-24-73-4/h5-9,11-16,29-32H,10,17-28H2,1-4H3,(H4-,58,59,60,61,62,63,64,65,66,67,68,69,70,71,72)/p-4. The first kappa shape index (κ1) is 62.5. The number of benzene rings is 4. The highest BCUT2D eigenvalue weighted by Crippen LogP contribution is 2.54. The molecule has 1 atom stereocenters. The van der Waals surface area contributed by atoms with Gasteiger partial charge >= 0.3 is 5.97 Å². The first-order chi connectivity index (χ1) is 37.7. The molecule has 2 amide bonds. The number of amides is 2. The van der Waals surface area contributed by atoms with Crippen LogP contribution in [0.1, 0.15) is 64.0 Å². The Morgan fingerprint density at radius 3 is 1.75 bits per heavy atom. The number of carbonyl (C=O) groups is 3. The largest absolute Gasteiger partial charge is 0.748 e. The normalized spacial score (nSPS) is 18.6. The van der Waals surface area contributed by atoms with Gasteiger partial charge in [-0.3, -0.25) is 9.59 Å². The summed E-state index contributed by atoms with van der Waals surface area (Å²) in [5.41, 5.74) is -0.0112. The molecule has 3 heterocycles. The van der Waals surface area contributed by atoms with Crippen LogP contribution in [0.3, 0.4) is 0 Å². The third-order valence-electron chi connectivity index (χ3n) is 13.8. The SMILES string of the molecule is COCCN1/C(=C/C=C/C=C/C=C/C2=[N+](CCOCCOCCC(=O)ON3C(=O)CCC3=O)c3ccc4c(S(=O)(=O)[O-])cc(S(=O)(=O)[O-])cc4c3C2(C)C)C(C)(CCCS(=O)(=O)[O-])c2c1ccc1c(S(=O)(=O)[O-])cc(S(=O)(=O)[O-])cc21. The van der Waals surface area contributed by atoms with Crippen molar-refractivity contribution in [1.29, 1.82) is 0 Å². The maximum atomic E-state index is 12.5. The lowest BCUT2D eigenvalue weighted by atomic mass is 9.75. The molecular formula is C51H53N3O22S5-4. The topological polar surface area (TPSA) is 384 Å². The van der Waals surface area contributed by atoms with Crippen molar-refractivity contribution in [2.45, 2.75) is 83.3 Å². The molecule has 4 aromatic rings. The molecule has 3 aliphatic heterocycles. The number of carbonyl (C=O) groups excluding carboxylic acids is 3. The molecule has 0 radical (unpaired) electrons. The minimum absolute atomic E-state index is 0.00471. The van der Waals surface area contributed by atoms with Gasteiger partial charge in [0.1, 0.15) is 47.1 Å². The quantitative estimate of drug-likeness (QED) is 0.0302. The number of anilines is 1. The number of hydroxylamine groups is 2. The lowest BCUT2D eigenvalue weighted by Gasteiger charge is -2.31. The van der Waals surface area contributed by atoms with Crippen LogP contribution in [0.25, 0.3) is 21.5 Å². The number of allylic oxidation sites excluding steroid dienone is 8. The van der Waals surface area contributed by atoms with Crippen LogP contribution in [0.2, 0.25) is 0 Å². The van der Waals surface area contributed by atoms with Crippen molar-refractivity contribution in [2.75, 3.05) is 63.9 Å². The summed E-state index contributed by atoms with van der Waals surface area (Å²) in [7, 11) is -24.7. The van der Waals surface area contributed by atoms with E-state index in [0.29, 0.717) is 45.5 Å². The number of rotatable bonds is 25. The Labute approximate surface area is 467 Å². The zero-order chi connectivity index (χ0) is 59.7. The fourth-order valence-corrected chi connectivity index (χ4v) is 13.4. The monoisotopic (exact) mass is 1220 g/mol. The number of fused-ring (bicyclic) bond motifs is 6. The number of hydrogen-bond donors (Lipinski definition) is 0. The second-order valence-electron chi connectivity index (χ2n) is 19.5. The van der Waals surface area contributed by atoms with Crippen molar-refractivity contribution in [3.63, 3.8) is 0 Å². The molecule has 30 heteroatoms. The maximum Gasteiger partial charge on any atom is 0.335 e. The second-order valence-corrected chi connectivity index (χ2v) is 26.5. The first-order valence-electron chi connectivity index (χ1n) is 24.6. The second kappa shape index (κ2) is 24.0. The predicted octanol–water partition coefficient (Wildman–Crippen LogP) is 3.32. The molecule has 0 bridgehead atoms. The smallest absolute Gasteiger partial charge is 0.335 e. The third kappa shape index (κ3) is 13.9. The van der Waals surface area contributed by atoms with Crippen molar-refractivity contribution < 1.29 is 103 Å². The zero-order valence-electron chi connectivity index (χ0n) is 43.7. The highest BCUT2D eigenvalue weighted by atomic mass is 32.2. The number of hydrogen-bond acceptors (Lipinski definition) is 23. The molecule has 0 aliphatic carbocycles. The van der Waals surface area contributed by atoms with Crippen molar-refractivity contribution in [1.82, 2.24) is 5.06 Å². The Balaban J connectivity index is 1.21. The predicted molar refractivity (Wildman–Crippen MR) is 282 cm³/mol. The molecule has 4 aromatic carbocycles.